The molecule has 1 aromatic carbocycles. The average Bonchev–Trinajstić information content (AvgIpc) is 3.08. The third-order valence-corrected chi connectivity index (χ3v) is 3.54. The molecular formula is C14H14F3N3O2. The number of aliphatic hydroxyl groups excluding tert-OH is 1. The molecule has 118 valence electrons. The lowest BCUT2D eigenvalue weighted by Crippen LogP contribution is -2.21. The SMILES string of the molecule is OC1CCN(Cc2nc(-c3ccc(C(F)(F)F)cc3)no2)C1. The van der Waals surface area contributed by atoms with E-state index in [-0.39, 0.29) is 11.9 Å². The fraction of sp³-hybridized carbons (Fsp3) is 0.429. The molecule has 22 heavy (non-hydrogen) atoms. The molecule has 5 nitrogen and oxygen atoms in total. The molecule has 2 heterocycles. The van der Waals surface area contributed by atoms with Gasteiger partial charge in [-0.2, -0.15) is 18.2 Å². The highest BCUT2D eigenvalue weighted by atomic mass is 19.4. The van der Waals surface area contributed by atoms with Gasteiger partial charge in [0.15, 0.2) is 0 Å². The molecule has 0 spiro atoms. The minimum Gasteiger partial charge on any atom is -0.392 e. The Bertz CT molecular complexity index is 640. The summed E-state index contributed by atoms with van der Waals surface area (Å²) in [6.45, 7) is 1.72. The second-order valence-corrected chi connectivity index (χ2v) is 5.26. The molecule has 0 radical (unpaired) electrons. The monoisotopic (exact) mass is 313 g/mol. The van der Waals surface area contributed by atoms with Gasteiger partial charge >= 0.3 is 6.18 Å². The molecule has 1 aromatic heterocycles. The summed E-state index contributed by atoms with van der Waals surface area (Å²) in [6.07, 6.45) is -3.99. The van der Waals surface area contributed by atoms with Gasteiger partial charge in [0.2, 0.25) is 11.7 Å². The van der Waals surface area contributed by atoms with Crippen LogP contribution in [0.1, 0.15) is 17.9 Å². The van der Waals surface area contributed by atoms with E-state index in [4.69, 9.17) is 4.52 Å². The Labute approximate surface area is 124 Å². The van der Waals surface area contributed by atoms with Crippen molar-refractivity contribution in [3.05, 3.63) is 35.7 Å². The number of hydrogen-bond donors (Lipinski definition) is 1. The maximum absolute atomic E-state index is 12.5. The number of hydrogen-bond acceptors (Lipinski definition) is 5. The Morgan fingerprint density at radius 2 is 2.00 bits per heavy atom. The molecule has 1 unspecified atom stereocenters. The number of rotatable bonds is 3. The Balaban J connectivity index is 1.70. The number of aromatic nitrogens is 2. The van der Waals surface area contributed by atoms with Crippen molar-refractivity contribution in [3.63, 3.8) is 0 Å². The molecule has 1 fully saturated rings. The Morgan fingerprint density at radius 3 is 2.59 bits per heavy atom. The van der Waals surface area contributed by atoms with E-state index in [0.717, 1.165) is 18.7 Å². The fourth-order valence-electron chi connectivity index (χ4n) is 2.39. The van der Waals surface area contributed by atoms with Gasteiger partial charge in [-0.15, -0.1) is 0 Å². The molecule has 1 saturated heterocycles. The first kappa shape index (κ1) is 15.0. The molecular weight excluding hydrogens is 299 g/mol. The van der Waals surface area contributed by atoms with Gasteiger partial charge in [0.25, 0.3) is 0 Å². The largest absolute Gasteiger partial charge is 0.416 e. The molecule has 8 heteroatoms. The fourth-order valence-corrected chi connectivity index (χ4v) is 2.39. The number of alkyl halides is 3. The van der Waals surface area contributed by atoms with Crippen LogP contribution in [0.15, 0.2) is 28.8 Å². The van der Waals surface area contributed by atoms with E-state index >= 15 is 0 Å². The van der Waals surface area contributed by atoms with Crippen molar-refractivity contribution in [2.24, 2.45) is 0 Å². The first-order valence-electron chi connectivity index (χ1n) is 6.82. The van der Waals surface area contributed by atoms with E-state index in [1.807, 2.05) is 4.90 Å². The zero-order valence-electron chi connectivity index (χ0n) is 11.5. The van der Waals surface area contributed by atoms with Crippen molar-refractivity contribution in [1.29, 1.82) is 0 Å². The molecule has 3 rings (SSSR count). The van der Waals surface area contributed by atoms with Crippen molar-refractivity contribution in [3.8, 4) is 11.4 Å². The van der Waals surface area contributed by atoms with Crippen LogP contribution in [0, 0.1) is 0 Å². The van der Waals surface area contributed by atoms with Gasteiger partial charge in [-0.05, 0) is 18.6 Å². The summed E-state index contributed by atoms with van der Waals surface area (Å²) in [4.78, 5) is 6.16. The third-order valence-electron chi connectivity index (χ3n) is 3.54. The summed E-state index contributed by atoms with van der Waals surface area (Å²) < 4.78 is 42.6. The smallest absolute Gasteiger partial charge is 0.392 e. The number of aliphatic hydroxyl groups is 1. The summed E-state index contributed by atoms with van der Waals surface area (Å²) >= 11 is 0. The lowest BCUT2D eigenvalue weighted by molar-refractivity contribution is -0.137. The van der Waals surface area contributed by atoms with E-state index in [9.17, 15) is 18.3 Å². The van der Waals surface area contributed by atoms with Crippen LogP contribution < -0.4 is 0 Å². The van der Waals surface area contributed by atoms with Gasteiger partial charge < -0.3 is 9.63 Å². The predicted molar refractivity (Wildman–Crippen MR) is 70.6 cm³/mol. The predicted octanol–water partition coefficient (Wildman–Crippen LogP) is 2.32. The van der Waals surface area contributed by atoms with Gasteiger partial charge in [0.1, 0.15) is 0 Å². The van der Waals surface area contributed by atoms with E-state index in [2.05, 4.69) is 10.1 Å². The number of halogens is 3. The van der Waals surface area contributed by atoms with Crippen molar-refractivity contribution >= 4 is 0 Å². The van der Waals surface area contributed by atoms with E-state index < -0.39 is 11.7 Å². The molecule has 0 bridgehead atoms. The van der Waals surface area contributed by atoms with E-state index in [1.165, 1.54) is 12.1 Å². The van der Waals surface area contributed by atoms with Crippen LogP contribution in [0.5, 0.6) is 0 Å². The van der Waals surface area contributed by atoms with Crippen molar-refractivity contribution in [1.82, 2.24) is 15.0 Å². The van der Waals surface area contributed by atoms with Crippen LogP contribution in [-0.4, -0.2) is 39.3 Å². The zero-order valence-corrected chi connectivity index (χ0v) is 11.5. The molecule has 0 saturated carbocycles. The Hall–Kier alpha value is -1.93. The first-order valence-corrected chi connectivity index (χ1v) is 6.82. The highest BCUT2D eigenvalue weighted by Gasteiger charge is 2.30. The molecule has 1 aliphatic heterocycles. The van der Waals surface area contributed by atoms with Gasteiger partial charge in [-0.1, -0.05) is 17.3 Å². The Morgan fingerprint density at radius 1 is 1.27 bits per heavy atom. The van der Waals surface area contributed by atoms with Crippen LogP contribution >= 0.6 is 0 Å². The summed E-state index contributed by atoms with van der Waals surface area (Å²) in [5.74, 6) is 0.632. The van der Waals surface area contributed by atoms with Crippen molar-refractivity contribution < 1.29 is 22.8 Å². The zero-order chi connectivity index (χ0) is 15.7. The van der Waals surface area contributed by atoms with Crippen molar-refractivity contribution in [2.45, 2.75) is 25.2 Å². The molecule has 1 N–H and O–H groups in total. The lowest BCUT2D eigenvalue weighted by atomic mass is 10.1. The first-order chi connectivity index (χ1) is 10.4. The highest BCUT2D eigenvalue weighted by Crippen LogP contribution is 2.30. The van der Waals surface area contributed by atoms with Crippen molar-refractivity contribution in [2.75, 3.05) is 13.1 Å². The van der Waals surface area contributed by atoms with Gasteiger partial charge in [-0.25, -0.2) is 0 Å². The van der Waals surface area contributed by atoms with Gasteiger partial charge in [0.05, 0.1) is 18.2 Å². The molecule has 0 aliphatic carbocycles. The lowest BCUT2D eigenvalue weighted by Gasteiger charge is -2.10. The second kappa shape index (κ2) is 5.69. The van der Waals surface area contributed by atoms with Gasteiger partial charge in [0, 0.05) is 18.7 Å². The van der Waals surface area contributed by atoms with Crippen LogP contribution in [0.3, 0.4) is 0 Å². The maximum atomic E-state index is 12.5. The number of benzene rings is 1. The number of likely N-dealkylation sites (tertiary alicyclic amines) is 1. The maximum Gasteiger partial charge on any atom is 0.416 e. The standard InChI is InChI=1S/C14H14F3N3O2/c15-14(16,17)10-3-1-9(2-4-10)13-18-12(22-19-13)8-20-6-5-11(21)7-20/h1-4,11,21H,5-8H2. The Kier molecular flexibility index (Phi) is 3.88. The summed E-state index contributed by atoms with van der Waals surface area (Å²) in [7, 11) is 0. The minimum absolute atomic E-state index is 0.253. The third kappa shape index (κ3) is 3.28. The summed E-state index contributed by atoms with van der Waals surface area (Å²) in [5.41, 5.74) is -0.254. The molecule has 1 aliphatic rings. The normalized spacial score (nSPS) is 19.7. The van der Waals surface area contributed by atoms with Gasteiger partial charge in [-0.3, -0.25) is 4.90 Å². The van der Waals surface area contributed by atoms with Crippen LogP contribution in [0.2, 0.25) is 0 Å². The minimum atomic E-state index is -4.36. The van der Waals surface area contributed by atoms with Crippen LogP contribution in [0.4, 0.5) is 13.2 Å². The number of β-amino-alcohol motifs (C(OH)–C–C–N with tert-alkyl or cyclic N) is 1. The van der Waals surface area contributed by atoms with Crippen LogP contribution in [0.25, 0.3) is 11.4 Å². The quantitative estimate of drug-likeness (QED) is 0.942. The molecule has 2 aromatic rings. The summed E-state index contributed by atoms with van der Waals surface area (Å²) in [5, 5.41) is 13.2. The number of nitrogens with zero attached hydrogens (tertiary/aromatic N) is 3. The van der Waals surface area contributed by atoms with E-state index in [0.29, 0.717) is 31.0 Å². The average molecular weight is 313 g/mol. The highest BCUT2D eigenvalue weighted by molar-refractivity contribution is 5.54. The topological polar surface area (TPSA) is 62.4 Å². The van der Waals surface area contributed by atoms with Crippen LogP contribution in [-0.2, 0) is 12.7 Å². The molecule has 0 amide bonds. The van der Waals surface area contributed by atoms with E-state index in [1.54, 1.807) is 0 Å². The summed E-state index contributed by atoms with van der Waals surface area (Å²) in [6, 6.07) is 4.61. The molecule has 1 atom stereocenters. The second-order valence-electron chi connectivity index (χ2n) is 5.26.